The molecule has 74 valence electrons. The van der Waals surface area contributed by atoms with Crippen molar-refractivity contribution in [1.29, 1.82) is 0 Å². The summed E-state index contributed by atoms with van der Waals surface area (Å²) >= 11 is 3.49. The van der Waals surface area contributed by atoms with Crippen molar-refractivity contribution in [2.45, 2.75) is 26.2 Å². The van der Waals surface area contributed by atoms with Crippen molar-refractivity contribution in [3.05, 3.63) is 28.4 Å². The molecule has 2 rings (SSSR count). The molecule has 0 spiro atoms. The number of H-pyrrole nitrogens is 1. The van der Waals surface area contributed by atoms with E-state index in [0.717, 1.165) is 9.99 Å². The second-order valence-electron chi connectivity index (χ2n) is 4.48. The highest BCUT2D eigenvalue weighted by atomic mass is 79.9. The lowest BCUT2D eigenvalue weighted by Gasteiger charge is -2.16. The molecule has 0 fully saturated rings. The van der Waals surface area contributed by atoms with Gasteiger partial charge in [0, 0.05) is 21.0 Å². The lowest BCUT2D eigenvalue weighted by molar-refractivity contribution is 0.571. The summed E-state index contributed by atoms with van der Waals surface area (Å²) in [4.78, 5) is 0. The number of rotatable bonds is 0. The fourth-order valence-electron chi connectivity index (χ4n) is 1.57. The van der Waals surface area contributed by atoms with Crippen LogP contribution in [0.5, 0.6) is 0 Å². The Kier molecular flexibility index (Phi) is 2.14. The number of fused-ring (bicyclic) bond motifs is 1. The predicted octanol–water partition coefficient (Wildman–Crippen LogP) is 3.62. The van der Waals surface area contributed by atoms with Crippen LogP contribution in [0.3, 0.4) is 0 Å². The lowest BCUT2D eigenvalue weighted by atomic mass is 9.90. The fraction of sp³-hybridized carbons (Fsp3) is 0.364. The van der Waals surface area contributed by atoms with Crippen LogP contribution < -0.4 is 0 Å². The van der Waals surface area contributed by atoms with Gasteiger partial charge in [-0.2, -0.15) is 5.10 Å². The molecular weight excluding hydrogens is 240 g/mol. The van der Waals surface area contributed by atoms with E-state index in [4.69, 9.17) is 0 Å². The molecule has 0 aliphatic rings. The molecule has 1 aromatic heterocycles. The Labute approximate surface area is 91.8 Å². The van der Waals surface area contributed by atoms with Crippen molar-refractivity contribution in [2.75, 3.05) is 0 Å². The van der Waals surface area contributed by atoms with E-state index in [9.17, 15) is 0 Å². The second kappa shape index (κ2) is 3.09. The molecule has 0 aliphatic carbocycles. The highest BCUT2D eigenvalue weighted by Gasteiger charge is 2.19. The zero-order chi connectivity index (χ0) is 10.3. The quantitative estimate of drug-likeness (QED) is 0.763. The number of aromatic amines is 1. The molecule has 14 heavy (non-hydrogen) atoms. The van der Waals surface area contributed by atoms with E-state index >= 15 is 0 Å². The number of benzene rings is 1. The highest BCUT2D eigenvalue weighted by molar-refractivity contribution is 9.10. The maximum absolute atomic E-state index is 4.31. The second-order valence-corrected chi connectivity index (χ2v) is 5.34. The third-order valence-corrected chi connectivity index (χ3v) is 2.93. The topological polar surface area (TPSA) is 28.7 Å². The monoisotopic (exact) mass is 252 g/mol. The van der Waals surface area contributed by atoms with Gasteiger partial charge in [-0.05, 0) is 22.0 Å². The zero-order valence-electron chi connectivity index (χ0n) is 8.56. The van der Waals surface area contributed by atoms with E-state index in [0.29, 0.717) is 0 Å². The van der Waals surface area contributed by atoms with Crippen LogP contribution in [0.1, 0.15) is 26.5 Å². The SMILES string of the molecule is CC(C)(C)c1[nH]nc2c(Br)cccc12. The van der Waals surface area contributed by atoms with Crippen LogP contribution in [0.2, 0.25) is 0 Å². The van der Waals surface area contributed by atoms with Crippen molar-refractivity contribution < 1.29 is 0 Å². The van der Waals surface area contributed by atoms with E-state index in [1.165, 1.54) is 11.1 Å². The molecule has 0 radical (unpaired) electrons. The lowest BCUT2D eigenvalue weighted by Crippen LogP contribution is -2.11. The van der Waals surface area contributed by atoms with Crippen molar-refractivity contribution >= 4 is 26.8 Å². The molecule has 0 saturated carbocycles. The normalized spacial score (nSPS) is 12.3. The predicted molar refractivity (Wildman–Crippen MR) is 62.5 cm³/mol. The van der Waals surface area contributed by atoms with Gasteiger partial charge in [0.1, 0.15) is 5.52 Å². The van der Waals surface area contributed by atoms with Gasteiger partial charge in [0.05, 0.1) is 0 Å². The summed E-state index contributed by atoms with van der Waals surface area (Å²) < 4.78 is 1.04. The van der Waals surface area contributed by atoms with Gasteiger partial charge < -0.3 is 0 Å². The zero-order valence-corrected chi connectivity index (χ0v) is 10.1. The van der Waals surface area contributed by atoms with E-state index in [2.05, 4.69) is 53.0 Å². The van der Waals surface area contributed by atoms with Crippen LogP contribution >= 0.6 is 15.9 Å². The number of halogens is 1. The Hall–Kier alpha value is -0.830. The van der Waals surface area contributed by atoms with Crippen LogP contribution in [0, 0.1) is 0 Å². The van der Waals surface area contributed by atoms with Crippen molar-refractivity contribution in [2.24, 2.45) is 0 Å². The number of hydrogen-bond acceptors (Lipinski definition) is 1. The molecule has 0 saturated heterocycles. The van der Waals surface area contributed by atoms with Gasteiger partial charge in [-0.25, -0.2) is 0 Å². The molecule has 0 atom stereocenters. The minimum atomic E-state index is 0.107. The van der Waals surface area contributed by atoms with Gasteiger partial charge in [-0.3, -0.25) is 5.10 Å². The smallest absolute Gasteiger partial charge is 0.107 e. The van der Waals surface area contributed by atoms with Gasteiger partial charge in [-0.1, -0.05) is 32.9 Å². The summed E-state index contributed by atoms with van der Waals surface area (Å²) in [6.07, 6.45) is 0. The first-order valence-electron chi connectivity index (χ1n) is 4.63. The molecule has 1 heterocycles. The minimum Gasteiger partial charge on any atom is -0.281 e. The van der Waals surface area contributed by atoms with E-state index in [1.807, 2.05) is 12.1 Å². The summed E-state index contributed by atoms with van der Waals surface area (Å²) in [7, 11) is 0. The van der Waals surface area contributed by atoms with Crippen LogP contribution in [0.4, 0.5) is 0 Å². The molecule has 2 nitrogen and oxygen atoms in total. The number of nitrogens with zero attached hydrogens (tertiary/aromatic N) is 1. The van der Waals surface area contributed by atoms with Gasteiger partial charge in [-0.15, -0.1) is 0 Å². The Morgan fingerprint density at radius 3 is 2.64 bits per heavy atom. The van der Waals surface area contributed by atoms with Gasteiger partial charge in [0.25, 0.3) is 0 Å². The third-order valence-electron chi connectivity index (χ3n) is 2.29. The Morgan fingerprint density at radius 1 is 1.29 bits per heavy atom. The largest absolute Gasteiger partial charge is 0.281 e. The average molecular weight is 253 g/mol. The van der Waals surface area contributed by atoms with Crippen LogP contribution in [0.15, 0.2) is 22.7 Å². The first-order chi connectivity index (χ1) is 6.50. The minimum absolute atomic E-state index is 0.107. The molecule has 0 bridgehead atoms. The fourth-order valence-corrected chi connectivity index (χ4v) is 2.03. The summed E-state index contributed by atoms with van der Waals surface area (Å²) in [6, 6.07) is 6.15. The van der Waals surface area contributed by atoms with Gasteiger partial charge in [0.2, 0.25) is 0 Å². The number of aromatic nitrogens is 2. The molecule has 1 aromatic carbocycles. The number of para-hydroxylation sites is 1. The van der Waals surface area contributed by atoms with E-state index in [-0.39, 0.29) is 5.41 Å². The highest BCUT2D eigenvalue weighted by Crippen LogP contribution is 2.30. The molecule has 1 N–H and O–H groups in total. The van der Waals surface area contributed by atoms with E-state index in [1.54, 1.807) is 0 Å². The van der Waals surface area contributed by atoms with Crippen LogP contribution in [-0.2, 0) is 5.41 Å². The molecule has 0 aliphatic heterocycles. The number of hydrogen-bond donors (Lipinski definition) is 1. The van der Waals surface area contributed by atoms with Gasteiger partial charge in [0.15, 0.2) is 0 Å². The summed E-state index contributed by atoms with van der Waals surface area (Å²) in [5.74, 6) is 0. The van der Waals surface area contributed by atoms with Crippen LogP contribution in [-0.4, -0.2) is 10.2 Å². The Balaban J connectivity index is 2.76. The molecule has 0 unspecified atom stereocenters. The summed E-state index contributed by atoms with van der Waals surface area (Å²) in [5, 5.41) is 8.63. The average Bonchev–Trinajstić information content (AvgIpc) is 2.47. The van der Waals surface area contributed by atoms with Crippen molar-refractivity contribution in [3.63, 3.8) is 0 Å². The van der Waals surface area contributed by atoms with Crippen molar-refractivity contribution in [3.8, 4) is 0 Å². The molecule has 0 amide bonds. The summed E-state index contributed by atoms with van der Waals surface area (Å²) in [5.41, 5.74) is 2.31. The number of nitrogens with one attached hydrogen (secondary N) is 1. The van der Waals surface area contributed by atoms with Crippen molar-refractivity contribution in [1.82, 2.24) is 10.2 Å². The molecular formula is C11H13BrN2. The first kappa shape index (κ1) is 9.71. The molecule has 3 heteroatoms. The maximum atomic E-state index is 4.31. The maximum Gasteiger partial charge on any atom is 0.107 e. The standard InChI is InChI=1S/C11H13BrN2/c1-11(2,3)10-7-5-4-6-8(12)9(7)13-14-10/h4-6H,1-3H3,(H,13,14). The van der Waals surface area contributed by atoms with Crippen LogP contribution in [0.25, 0.3) is 10.9 Å². The van der Waals surface area contributed by atoms with E-state index < -0.39 is 0 Å². The third kappa shape index (κ3) is 1.46. The first-order valence-corrected chi connectivity index (χ1v) is 5.42. The summed E-state index contributed by atoms with van der Waals surface area (Å²) in [6.45, 7) is 6.54. The molecule has 2 aromatic rings. The Bertz CT molecular complexity index is 466. The van der Waals surface area contributed by atoms with Gasteiger partial charge >= 0.3 is 0 Å². The Morgan fingerprint density at radius 2 is 2.00 bits per heavy atom.